The molecule has 0 bridgehead atoms. The summed E-state index contributed by atoms with van der Waals surface area (Å²) < 4.78 is 22.0. The number of hydrogen-bond donors (Lipinski definition) is 1. The van der Waals surface area contributed by atoms with E-state index in [0.29, 0.717) is 0 Å². The Kier molecular flexibility index (Phi) is 2.64. The normalized spacial score (nSPS) is 20.2. The van der Waals surface area contributed by atoms with Gasteiger partial charge in [-0.3, -0.25) is 0 Å². The van der Waals surface area contributed by atoms with Crippen LogP contribution < -0.4 is 0 Å². The van der Waals surface area contributed by atoms with Gasteiger partial charge in [-0.25, -0.2) is 8.42 Å². The van der Waals surface area contributed by atoms with E-state index in [2.05, 4.69) is 0 Å². The highest BCUT2D eigenvalue weighted by molar-refractivity contribution is 8.13. The molecule has 0 aliphatic heterocycles. The standard InChI is InChI=1S/C10H11ClO3S/c11-15(13,14)6-8-2-1-7-3-4-9(12)5-10(7)8/h3-5,8,12H,1-2,6H2. The molecule has 1 atom stereocenters. The number of rotatable bonds is 2. The minimum absolute atomic E-state index is 0.0506. The van der Waals surface area contributed by atoms with Crippen molar-refractivity contribution in [2.24, 2.45) is 0 Å². The monoisotopic (exact) mass is 246 g/mol. The van der Waals surface area contributed by atoms with E-state index >= 15 is 0 Å². The zero-order chi connectivity index (χ0) is 11.1. The molecule has 0 aromatic heterocycles. The molecule has 1 unspecified atom stereocenters. The van der Waals surface area contributed by atoms with E-state index in [1.807, 2.05) is 6.07 Å². The Balaban J connectivity index is 2.32. The van der Waals surface area contributed by atoms with Gasteiger partial charge in [-0.05, 0) is 42.0 Å². The third kappa shape index (κ3) is 2.44. The van der Waals surface area contributed by atoms with Crippen molar-refractivity contribution in [3.05, 3.63) is 29.3 Å². The number of phenols is 1. The van der Waals surface area contributed by atoms with Crippen LogP contribution in [-0.2, 0) is 15.5 Å². The summed E-state index contributed by atoms with van der Waals surface area (Å²) >= 11 is 0. The summed E-state index contributed by atoms with van der Waals surface area (Å²) in [7, 11) is 1.76. The zero-order valence-electron chi connectivity index (χ0n) is 7.98. The van der Waals surface area contributed by atoms with Crippen LogP contribution in [-0.4, -0.2) is 19.3 Å². The Labute approximate surface area is 93.1 Å². The quantitative estimate of drug-likeness (QED) is 0.812. The van der Waals surface area contributed by atoms with Crippen LogP contribution in [0, 0.1) is 0 Å². The third-order valence-electron chi connectivity index (χ3n) is 2.73. The molecule has 1 N–H and O–H groups in total. The van der Waals surface area contributed by atoms with Gasteiger partial charge in [0.05, 0.1) is 5.75 Å². The lowest BCUT2D eigenvalue weighted by Crippen LogP contribution is -2.07. The number of aromatic hydroxyl groups is 1. The Morgan fingerprint density at radius 3 is 2.87 bits per heavy atom. The van der Waals surface area contributed by atoms with Gasteiger partial charge in [-0.15, -0.1) is 0 Å². The number of aryl methyl sites for hydroxylation is 1. The van der Waals surface area contributed by atoms with Gasteiger partial charge in [-0.2, -0.15) is 0 Å². The lowest BCUT2D eigenvalue weighted by atomic mass is 10.0. The van der Waals surface area contributed by atoms with Crippen molar-refractivity contribution in [3.63, 3.8) is 0 Å². The Morgan fingerprint density at radius 2 is 2.20 bits per heavy atom. The van der Waals surface area contributed by atoms with Gasteiger partial charge < -0.3 is 5.11 Å². The molecule has 1 aromatic rings. The number of phenolic OH excluding ortho intramolecular Hbond substituents is 1. The van der Waals surface area contributed by atoms with E-state index in [1.165, 1.54) is 0 Å². The number of benzene rings is 1. The SMILES string of the molecule is O=S(=O)(Cl)CC1CCc2ccc(O)cc21. The summed E-state index contributed by atoms with van der Waals surface area (Å²) in [6.07, 6.45) is 1.64. The first kappa shape index (κ1) is 10.8. The summed E-state index contributed by atoms with van der Waals surface area (Å²) in [4.78, 5) is 0. The van der Waals surface area contributed by atoms with Gasteiger partial charge in [0.1, 0.15) is 5.75 Å². The molecule has 0 saturated carbocycles. The molecule has 0 amide bonds. The van der Waals surface area contributed by atoms with E-state index in [9.17, 15) is 13.5 Å². The molecule has 0 spiro atoms. The first-order valence-corrected chi connectivity index (χ1v) is 7.18. The number of hydrogen-bond acceptors (Lipinski definition) is 3. The Bertz CT molecular complexity index is 481. The maximum atomic E-state index is 11.0. The molecule has 0 fully saturated rings. The van der Waals surface area contributed by atoms with Crippen LogP contribution in [0.4, 0.5) is 0 Å². The van der Waals surface area contributed by atoms with Crippen molar-refractivity contribution in [1.82, 2.24) is 0 Å². The van der Waals surface area contributed by atoms with Crippen LogP contribution in [0.2, 0.25) is 0 Å². The van der Waals surface area contributed by atoms with E-state index < -0.39 is 9.05 Å². The first-order valence-electron chi connectivity index (χ1n) is 4.70. The molecule has 1 aliphatic rings. The van der Waals surface area contributed by atoms with Crippen molar-refractivity contribution < 1.29 is 13.5 Å². The smallest absolute Gasteiger partial charge is 0.233 e. The van der Waals surface area contributed by atoms with E-state index in [4.69, 9.17) is 10.7 Å². The van der Waals surface area contributed by atoms with Crippen molar-refractivity contribution in [1.29, 1.82) is 0 Å². The van der Waals surface area contributed by atoms with Crippen molar-refractivity contribution in [2.75, 3.05) is 5.75 Å². The predicted octanol–water partition coefficient (Wildman–Crippen LogP) is 1.99. The summed E-state index contributed by atoms with van der Waals surface area (Å²) in [6, 6.07) is 5.09. The molecule has 1 aliphatic carbocycles. The van der Waals surface area contributed by atoms with Gasteiger partial charge in [0.25, 0.3) is 0 Å². The molecule has 3 nitrogen and oxygen atoms in total. The van der Waals surface area contributed by atoms with Crippen LogP contribution in [0.25, 0.3) is 0 Å². The molecule has 2 rings (SSSR count). The lowest BCUT2D eigenvalue weighted by molar-refractivity contribution is 0.474. The molecular weight excluding hydrogens is 236 g/mol. The van der Waals surface area contributed by atoms with Crippen LogP contribution in [0.5, 0.6) is 5.75 Å². The summed E-state index contributed by atoms with van der Waals surface area (Å²) in [5.41, 5.74) is 2.03. The Morgan fingerprint density at radius 1 is 1.47 bits per heavy atom. The van der Waals surface area contributed by atoms with Crippen molar-refractivity contribution in [2.45, 2.75) is 18.8 Å². The largest absolute Gasteiger partial charge is 0.508 e. The maximum Gasteiger partial charge on any atom is 0.233 e. The highest BCUT2D eigenvalue weighted by Crippen LogP contribution is 2.36. The fourth-order valence-electron chi connectivity index (χ4n) is 2.09. The van der Waals surface area contributed by atoms with E-state index in [1.54, 1.807) is 12.1 Å². The minimum Gasteiger partial charge on any atom is -0.508 e. The van der Waals surface area contributed by atoms with Crippen LogP contribution >= 0.6 is 10.7 Å². The lowest BCUT2D eigenvalue weighted by Gasteiger charge is -2.08. The highest BCUT2D eigenvalue weighted by Gasteiger charge is 2.26. The fraction of sp³-hybridized carbons (Fsp3) is 0.400. The molecule has 15 heavy (non-hydrogen) atoms. The average molecular weight is 247 g/mol. The van der Waals surface area contributed by atoms with Crippen molar-refractivity contribution >= 4 is 19.7 Å². The second-order valence-electron chi connectivity index (χ2n) is 3.82. The van der Waals surface area contributed by atoms with Crippen LogP contribution in [0.15, 0.2) is 18.2 Å². The fourth-order valence-corrected chi connectivity index (χ4v) is 3.37. The van der Waals surface area contributed by atoms with Crippen LogP contribution in [0.1, 0.15) is 23.5 Å². The minimum atomic E-state index is -3.47. The van der Waals surface area contributed by atoms with E-state index in [-0.39, 0.29) is 17.4 Å². The molecule has 0 heterocycles. The number of halogens is 1. The zero-order valence-corrected chi connectivity index (χ0v) is 9.55. The first-order chi connectivity index (χ1) is 6.96. The summed E-state index contributed by atoms with van der Waals surface area (Å²) in [5.74, 6) is 0.0487. The third-order valence-corrected chi connectivity index (χ3v) is 3.91. The summed E-state index contributed by atoms with van der Waals surface area (Å²) in [6.45, 7) is 0. The van der Waals surface area contributed by atoms with Gasteiger partial charge in [0, 0.05) is 10.7 Å². The second kappa shape index (κ2) is 3.68. The molecule has 1 aromatic carbocycles. The van der Waals surface area contributed by atoms with Crippen molar-refractivity contribution in [3.8, 4) is 5.75 Å². The average Bonchev–Trinajstić information content (AvgIpc) is 2.46. The van der Waals surface area contributed by atoms with Gasteiger partial charge >= 0.3 is 0 Å². The Hall–Kier alpha value is -0.740. The molecular formula is C10H11ClO3S. The topological polar surface area (TPSA) is 54.4 Å². The van der Waals surface area contributed by atoms with Gasteiger partial charge in [0.15, 0.2) is 0 Å². The second-order valence-corrected chi connectivity index (χ2v) is 6.65. The maximum absolute atomic E-state index is 11.0. The predicted molar refractivity (Wildman–Crippen MR) is 58.8 cm³/mol. The summed E-state index contributed by atoms with van der Waals surface area (Å²) in [5, 5.41) is 9.33. The molecule has 0 radical (unpaired) electrons. The molecule has 82 valence electrons. The highest BCUT2D eigenvalue weighted by atomic mass is 35.7. The number of fused-ring (bicyclic) bond motifs is 1. The van der Waals surface area contributed by atoms with Gasteiger partial charge in [-0.1, -0.05) is 6.07 Å². The molecule has 0 saturated heterocycles. The van der Waals surface area contributed by atoms with Gasteiger partial charge in [0.2, 0.25) is 9.05 Å². The molecule has 5 heteroatoms. The van der Waals surface area contributed by atoms with E-state index in [0.717, 1.165) is 24.0 Å². The van der Waals surface area contributed by atoms with Crippen LogP contribution in [0.3, 0.4) is 0 Å².